The summed E-state index contributed by atoms with van der Waals surface area (Å²) in [6.45, 7) is 4.48. The molecule has 31 heavy (non-hydrogen) atoms. The first-order chi connectivity index (χ1) is 14.8. The molecule has 0 radical (unpaired) electrons. The molecule has 3 heterocycles. The molecule has 2 aliphatic rings. The van der Waals surface area contributed by atoms with Crippen molar-refractivity contribution >= 4 is 16.0 Å². The molecular formula is C22H30FN5O2S. The summed E-state index contributed by atoms with van der Waals surface area (Å²) in [5.74, 6) is 1.39. The summed E-state index contributed by atoms with van der Waals surface area (Å²) in [6, 6.07) is 6.59. The Morgan fingerprint density at radius 3 is 2.58 bits per heavy atom. The largest absolute Gasteiger partial charge is 0.352 e. The molecule has 9 heteroatoms. The second kappa shape index (κ2) is 8.80. The van der Waals surface area contributed by atoms with Gasteiger partial charge in [-0.05, 0) is 50.3 Å². The Labute approximate surface area is 184 Å². The number of anilines is 1. The first-order valence-corrected chi connectivity index (χ1v) is 12.2. The minimum Gasteiger partial charge on any atom is -0.352 e. The summed E-state index contributed by atoms with van der Waals surface area (Å²) in [7, 11) is -0.331. The molecule has 1 saturated heterocycles. The average Bonchev–Trinajstić information content (AvgIpc) is 2.75. The van der Waals surface area contributed by atoms with Crippen LogP contribution >= 0.6 is 0 Å². The first kappa shape index (κ1) is 22.1. The van der Waals surface area contributed by atoms with Crippen LogP contribution in [-0.4, -0.2) is 60.7 Å². The zero-order chi connectivity index (χ0) is 22.2. The van der Waals surface area contributed by atoms with E-state index in [0.29, 0.717) is 19.6 Å². The van der Waals surface area contributed by atoms with Crippen LogP contribution in [0.3, 0.4) is 0 Å². The van der Waals surface area contributed by atoms with Gasteiger partial charge in [0.1, 0.15) is 17.5 Å². The Morgan fingerprint density at radius 2 is 1.87 bits per heavy atom. The van der Waals surface area contributed by atoms with E-state index in [0.717, 1.165) is 60.7 Å². The van der Waals surface area contributed by atoms with Crippen molar-refractivity contribution in [2.45, 2.75) is 45.1 Å². The number of hydrogen-bond acceptors (Lipinski definition) is 5. The lowest BCUT2D eigenvalue weighted by Crippen LogP contribution is -2.45. The van der Waals surface area contributed by atoms with Crippen molar-refractivity contribution < 1.29 is 12.8 Å². The van der Waals surface area contributed by atoms with E-state index >= 15 is 0 Å². The number of benzene rings is 1. The Hall–Kier alpha value is -2.10. The van der Waals surface area contributed by atoms with Crippen molar-refractivity contribution in [3.63, 3.8) is 0 Å². The van der Waals surface area contributed by atoms with Gasteiger partial charge >= 0.3 is 0 Å². The standard InChI is InChI=1S/C22H30FN5O2S/c1-16-20-7-5-12-27(14-17-8-10-19(23)11-9-17)22(20)25-21(24-16)18-6-4-13-28(15-18)31(29,30)26(2)3/h8-11,18H,4-7,12-15H2,1-3H3. The van der Waals surface area contributed by atoms with Gasteiger partial charge in [-0.2, -0.15) is 17.0 Å². The molecule has 2 aromatic rings. The summed E-state index contributed by atoms with van der Waals surface area (Å²) in [5, 5.41) is 0. The third-order valence-corrected chi connectivity index (χ3v) is 8.09. The average molecular weight is 448 g/mol. The SMILES string of the molecule is Cc1nc(C2CCCN(S(=O)(=O)N(C)C)C2)nc2c1CCCN2Cc1ccc(F)cc1. The van der Waals surface area contributed by atoms with Crippen molar-refractivity contribution in [3.05, 3.63) is 52.7 Å². The lowest BCUT2D eigenvalue weighted by Gasteiger charge is -2.35. The van der Waals surface area contributed by atoms with Gasteiger partial charge in [-0.15, -0.1) is 0 Å². The van der Waals surface area contributed by atoms with E-state index in [1.807, 2.05) is 19.1 Å². The van der Waals surface area contributed by atoms with Crippen LogP contribution in [0.2, 0.25) is 0 Å². The molecule has 1 unspecified atom stereocenters. The molecule has 0 bridgehead atoms. The van der Waals surface area contributed by atoms with Crippen LogP contribution < -0.4 is 4.90 Å². The zero-order valence-corrected chi connectivity index (χ0v) is 19.2. The van der Waals surface area contributed by atoms with E-state index in [9.17, 15) is 12.8 Å². The number of aryl methyl sites for hydroxylation is 1. The summed E-state index contributed by atoms with van der Waals surface area (Å²) < 4.78 is 41.3. The summed E-state index contributed by atoms with van der Waals surface area (Å²) in [6.07, 6.45) is 3.62. The Bertz CT molecular complexity index is 1040. The van der Waals surface area contributed by atoms with Crippen LogP contribution in [0.25, 0.3) is 0 Å². The minimum absolute atomic E-state index is 0.0259. The van der Waals surface area contributed by atoms with Gasteiger partial charge in [0.05, 0.1) is 0 Å². The number of aromatic nitrogens is 2. The highest BCUT2D eigenvalue weighted by atomic mass is 32.2. The first-order valence-electron chi connectivity index (χ1n) is 10.8. The maximum Gasteiger partial charge on any atom is 0.281 e. The van der Waals surface area contributed by atoms with Gasteiger partial charge in [-0.1, -0.05) is 12.1 Å². The predicted molar refractivity (Wildman–Crippen MR) is 119 cm³/mol. The van der Waals surface area contributed by atoms with E-state index in [2.05, 4.69) is 4.90 Å². The van der Waals surface area contributed by atoms with Crippen molar-refractivity contribution in [1.29, 1.82) is 0 Å². The summed E-state index contributed by atoms with van der Waals surface area (Å²) in [4.78, 5) is 12.0. The van der Waals surface area contributed by atoms with Crippen LogP contribution in [0.4, 0.5) is 10.2 Å². The molecule has 2 aliphatic heterocycles. The lowest BCUT2D eigenvalue weighted by atomic mass is 9.97. The van der Waals surface area contributed by atoms with E-state index in [1.54, 1.807) is 14.1 Å². The van der Waals surface area contributed by atoms with E-state index in [-0.39, 0.29) is 11.7 Å². The molecule has 1 aromatic carbocycles. The molecule has 1 atom stereocenters. The molecule has 0 saturated carbocycles. The van der Waals surface area contributed by atoms with E-state index in [1.165, 1.54) is 20.7 Å². The van der Waals surface area contributed by atoms with Crippen LogP contribution in [-0.2, 0) is 23.2 Å². The van der Waals surface area contributed by atoms with E-state index in [4.69, 9.17) is 9.97 Å². The highest BCUT2D eigenvalue weighted by molar-refractivity contribution is 7.86. The smallest absolute Gasteiger partial charge is 0.281 e. The topological polar surface area (TPSA) is 69.6 Å². The van der Waals surface area contributed by atoms with Gasteiger partial charge in [0.2, 0.25) is 0 Å². The summed E-state index contributed by atoms with van der Waals surface area (Å²) in [5.41, 5.74) is 3.16. The fourth-order valence-electron chi connectivity index (χ4n) is 4.45. The molecule has 0 amide bonds. The second-order valence-corrected chi connectivity index (χ2v) is 10.8. The Kier molecular flexibility index (Phi) is 6.27. The maximum absolute atomic E-state index is 13.3. The van der Waals surface area contributed by atoms with Crippen LogP contribution in [0.15, 0.2) is 24.3 Å². The molecule has 1 fully saturated rings. The molecule has 168 valence electrons. The van der Waals surface area contributed by atoms with E-state index < -0.39 is 10.2 Å². The quantitative estimate of drug-likeness (QED) is 0.705. The van der Waals surface area contributed by atoms with Crippen LogP contribution in [0.5, 0.6) is 0 Å². The Balaban J connectivity index is 1.62. The maximum atomic E-state index is 13.3. The number of halogens is 1. The van der Waals surface area contributed by atoms with Gasteiger partial charge in [0.25, 0.3) is 10.2 Å². The highest BCUT2D eigenvalue weighted by Gasteiger charge is 2.33. The molecule has 0 spiro atoms. The fraction of sp³-hybridized carbons (Fsp3) is 0.545. The molecule has 7 nitrogen and oxygen atoms in total. The lowest BCUT2D eigenvalue weighted by molar-refractivity contribution is 0.293. The molecule has 1 aromatic heterocycles. The number of nitrogens with zero attached hydrogens (tertiary/aromatic N) is 5. The minimum atomic E-state index is -3.45. The number of piperidine rings is 1. The van der Waals surface area contributed by atoms with Crippen LogP contribution in [0.1, 0.15) is 47.8 Å². The molecule has 0 aliphatic carbocycles. The van der Waals surface area contributed by atoms with Gasteiger partial charge in [0.15, 0.2) is 0 Å². The third-order valence-electron chi connectivity index (χ3n) is 6.19. The van der Waals surface area contributed by atoms with Gasteiger partial charge in [-0.3, -0.25) is 0 Å². The van der Waals surface area contributed by atoms with Crippen molar-refractivity contribution in [2.24, 2.45) is 0 Å². The van der Waals surface area contributed by atoms with Gasteiger partial charge in [0, 0.05) is 57.4 Å². The van der Waals surface area contributed by atoms with Crippen molar-refractivity contribution in [1.82, 2.24) is 18.6 Å². The third kappa shape index (κ3) is 4.58. The van der Waals surface area contributed by atoms with Crippen molar-refractivity contribution in [3.8, 4) is 0 Å². The van der Waals surface area contributed by atoms with Gasteiger partial charge in [-0.25, -0.2) is 14.4 Å². The second-order valence-electron chi connectivity index (χ2n) is 8.61. The van der Waals surface area contributed by atoms with Crippen LogP contribution in [0, 0.1) is 12.7 Å². The predicted octanol–water partition coefficient (Wildman–Crippen LogP) is 2.86. The highest BCUT2D eigenvalue weighted by Crippen LogP contribution is 2.33. The molecule has 4 rings (SSSR count). The fourth-order valence-corrected chi connectivity index (χ4v) is 5.64. The summed E-state index contributed by atoms with van der Waals surface area (Å²) >= 11 is 0. The number of rotatable bonds is 5. The number of hydrogen-bond donors (Lipinski definition) is 0. The number of fused-ring (bicyclic) bond motifs is 1. The molecular weight excluding hydrogens is 417 g/mol. The monoisotopic (exact) mass is 447 g/mol. The normalized spacial score (nSPS) is 20.2. The molecule has 0 N–H and O–H groups in total. The Morgan fingerprint density at radius 1 is 1.13 bits per heavy atom. The van der Waals surface area contributed by atoms with Crippen molar-refractivity contribution in [2.75, 3.05) is 38.6 Å². The zero-order valence-electron chi connectivity index (χ0n) is 18.4. The van der Waals surface area contributed by atoms with Gasteiger partial charge < -0.3 is 4.90 Å².